The van der Waals surface area contributed by atoms with Crippen molar-refractivity contribution in [2.45, 2.75) is 96.7 Å². The van der Waals surface area contributed by atoms with E-state index in [0.29, 0.717) is 12.8 Å². The summed E-state index contributed by atoms with van der Waals surface area (Å²) >= 11 is 0. The van der Waals surface area contributed by atoms with Crippen LogP contribution in [0, 0.1) is 46.3 Å². The average Bonchev–Trinajstić information content (AvgIpc) is 3.19. The van der Waals surface area contributed by atoms with Crippen molar-refractivity contribution in [3.8, 4) is 0 Å². The number of halogens is 2. The molecule has 0 spiro atoms. The Morgan fingerprint density at radius 2 is 1.71 bits per heavy atom. The Morgan fingerprint density at radius 1 is 1.05 bits per heavy atom. The molecule has 0 bridgehead atoms. The first-order chi connectivity index (χ1) is 19.2. The number of amides is 1. The number of carbonyl (C=O) groups excluding carboxylic acids is 1. The Balaban J connectivity index is 1.31. The molecule has 0 aromatic carbocycles. The predicted octanol–water partition coefficient (Wildman–Crippen LogP) is 3.52. The maximum atomic E-state index is 16.1. The molecule has 42 heavy (non-hydrogen) atoms. The minimum atomic E-state index is -4.87. The van der Waals surface area contributed by atoms with Crippen LogP contribution in [0.5, 0.6) is 0 Å². The molecule has 5 N–H and O–H groups in total. The summed E-state index contributed by atoms with van der Waals surface area (Å²) in [5, 5.41) is 23.7. The van der Waals surface area contributed by atoms with Crippen molar-refractivity contribution >= 4 is 23.8 Å². The molecule has 0 aromatic heterocycles. The van der Waals surface area contributed by atoms with Crippen LogP contribution < -0.4 is 5.32 Å². The molecule has 11 nitrogen and oxygen atoms in total. The highest BCUT2D eigenvalue weighted by Gasteiger charge is 2.68. The minimum Gasteiger partial charge on any atom is -0.362 e. The van der Waals surface area contributed by atoms with Gasteiger partial charge in [-0.2, -0.15) is 8.42 Å². The molecule has 1 amide bonds. The largest absolute Gasteiger partial charge is 0.471 e. The van der Waals surface area contributed by atoms with E-state index in [0.717, 1.165) is 25.7 Å². The second-order valence-electron chi connectivity index (χ2n) is 13.8. The number of aliphatic hydroxyl groups is 2. The summed E-state index contributed by atoms with van der Waals surface area (Å²) < 4.78 is 73.1. The number of alkyl halides is 2. The van der Waals surface area contributed by atoms with Gasteiger partial charge in [-0.3, -0.25) is 9.32 Å². The molecule has 10 unspecified atom stereocenters. The lowest BCUT2D eigenvalue weighted by atomic mass is 9.43. The number of phosphoric ester groups is 1. The highest BCUT2D eigenvalue weighted by Crippen LogP contribution is 2.71. The Hall–Kier alpha value is -0.730. The smallest absolute Gasteiger partial charge is 0.362 e. The zero-order valence-corrected chi connectivity index (χ0v) is 26.2. The fraction of sp³-hybridized carbons (Fsp3) is 0.963. The first-order valence-corrected chi connectivity index (χ1v) is 18.0. The third-order valence-corrected chi connectivity index (χ3v) is 13.0. The number of carbonyl (C=O) groups is 1. The van der Waals surface area contributed by atoms with Gasteiger partial charge in [0.05, 0.1) is 5.75 Å². The van der Waals surface area contributed by atoms with Crippen LogP contribution in [-0.4, -0.2) is 65.1 Å². The maximum absolute atomic E-state index is 16.1. The number of hydrogen-bond acceptors (Lipinski definition) is 8. The van der Waals surface area contributed by atoms with Crippen LogP contribution in [0.2, 0.25) is 0 Å². The van der Waals surface area contributed by atoms with Crippen molar-refractivity contribution in [1.29, 1.82) is 0 Å². The quantitative estimate of drug-likeness (QED) is 0.127. The topological polar surface area (TPSA) is 180 Å². The van der Waals surface area contributed by atoms with E-state index in [4.69, 9.17) is 9.79 Å². The maximum Gasteiger partial charge on any atom is 0.471 e. The number of rotatable bonds is 11. The van der Waals surface area contributed by atoms with Crippen LogP contribution in [-0.2, 0) is 28.2 Å². The van der Waals surface area contributed by atoms with Crippen LogP contribution in [0.15, 0.2) is 0 Å². The molecule has 15 heteroatoms. The van der Waals surface area contributed by atoms with E-state index in [9.17, 15) is 32.4 Å². The fourth-order valence-electron chi connectivity index (χ4n) is 9.31. The summed E-state index contributed by atoms with van der Waals surface area (Å²) in [7, 11) is -9.04. The SMILES string of the molecule is CC(CCC(=O)NCCS(=O)(=O)OCOP(=O)(O)O)C1CCC2C3C(CCC12C)C1(C)CCC(O)(F)CC1CC3(O)F. The molecule has 0 aliphatic heterocycles. The number of phosphoric acid groups is 1. The average molecular weight is 646 g/mol. The van der Waals surface area contributed by atoms with Gasteiger partial charge in [-0.25, -0.2) is 17.5 Å². The molecule has 0 radical (unpaired) electrons. The van der Waals surface area contributed by atoms with Crippen LogP contribution in [0.1, 0.15) is 85.0 Å². The van der Waals surface area contributed by atoms with Crippen molar-refractivity contribution in [3.63, 3.8) is 0 Å². The summed E-state index contributed by atoms with van der Waals surface area (Å²) in [5.41, 5.74) is -0.563. The molecule has 0 aromatic rings. The highest BCUT2D eigenvalue weighted by atomic mass is 32.2. The summed E-state index contributed by atoms with van der Waals surface area (Å²) in [6.07, 6.45) is 4.07. The van der Waals surface area contributed by atoms with E-state index in [2.05, 4.69) is 34.8 Å². The normalized spacial score (nSPS) is 42.7. The number of hydrogen-bond donors (Lipinski definition) is 5. The van der Waals surface area contributed by atoms with Crippen molar-refractivity contribution in [1.82, 2.24) is 5.32 Å². The molecule has 4 aliphatic rings. The van der Waals surface area contributed by atoms with E-state index in [1.54, 1.807) is 0 Å². The van der Waals surface area contributed by atoms with Gasteiger partial charge < -0.3 is 25.3 Å². The van der Waals surface area contributed by atoms with Gasteiger partial charge in [0.1, 0.15) is 0 Å². The Kier molecular flexibility index (Phi) is 9.67. The molecule has 4 aliphatic carbocycles. The first-order valence-electron chi connectivity index (χ1n) is 14.9. The zero-order valence-electron chi connectivity index (χ0n) is 24.5. The van der Waals surface area contributed by atoms with Gasteiger partial charge in [-0.15, -0.1) is 0 Å². The third-order valence-electron chi connectivity index (χ3n) is 11.4. The second kappa shape index (κ2) is 11.9. The molecule has 4 rings (SSSR count). The van der Waals surface area contributed by atoms with Gasteiger partial charge in [0.15, 0.2) is 6.79 Å². The first kappa shape index (κ1) is 34.1. The Morgan fingerprint density at radius 3 is 2.38 bits per heavy atom. The lowest BCUT2D eigenvalue weighted by Gasteiger charge is -2.63. The van der Waals surface area contributed by atoms with E-state index in [-0.39, 0.29) is 72.6 Å². The van der Waals surface area contributed by atoms with Gasteiger partial charge in [0.2, 0.25) is 17.6 Å². The molecular weight excluding hydrogens is 599 g/mol. The Labute approximate surface area is 246 Å². The van der Waals surface area contributed by atoms with E-state index in [1.807, 2.05) is 0 Å². The summed E-state index contributed by atoms with van der Waals surface area (Å²) in [5.74, 6) is -6.48. The minimum absolute atomic E-state index is 0.0293. The van der Waals surface area contributed by atoms with Crippen LogP contribution in [0.3, 0.4) is 0 Å². The van der Waals surface area contributed by atoms with Crippen LogP contribution in [0.4, 0.5) is 8.78 Å². The monoisotopic (exact) mass is 645 g/mol. The van der Waals surface area contributed by atoms with E-state index < -0.39 is 54.0 Å². The summed E-state index contributed by atoms with van der Waals surface area (Å²) in [6.45, 7) is 4.95. The van der Waals surface area contributed by atoms with Gasteiger partial charge in [-0.05, 0) is 78.9 Å². The van der Waals surface area contributed by atoms with Crippen LogP contribution >= 0.6 is 7.82 Å². The Bertz CT molecular complexity index is 1170. The van der Waals surface area contributed by atoms with Crippen molar-refractivity contribution < 1.29 is 55.3 Å². The van der Waals surface area contributed by atoms with E-state index in [1.165, 1.54) is 0 Å². The molecule has 4 saturated carbocycles. The van der Waals surface area contributed by atoms with Gasteiger partial charge in [-0.1, -0.05) is 20.8 Å². The molecular formula is C27H46F2NO10PS. The standard InChI is InChI=1S/C27H46F2NO10PS/c1-17(4-7-22(31)30-12-13-42(37,38)40-16-39-41(34,35)36)19-5-6-20-23-21(8-9-25(19,20)3)24(2)10-11-26(28,32)14-18(24)15-27(23,29)33/h17-21,23,32-33H,4-16H2,1-3H3,(H,30,31)(H2,34,35,36). The lowest BCUT2D eigenvalue weighted by molar-refractivity contribution is -0.284. The van der Waals surface area contributed by atoms with Crippen molar-refractivity contribution in [3.05, 3.63) is 0 Å². The number of nitrogens with one attached hydrogen (secondary N) is 1. The molecule has 244 valence electrons. The molecule has 10 atom stereocenters. The second-order valence-corrected chi connectivity index (χ2v) is 16.8. The van der Waals surface area contributed by atoms with E-state index >= 15 is 4.39 Å². The highest BCUT2D eigenvalue weighted by molar-refractivity contribution is 7.86. The molecule has 0 heterocycles. The van der Waals surface area contributed by atoms with Crippen LogP contribution in [0.25, 0.3) is 0 Å². The van der Waals surface area contributed by atoms with Crippen molar-refractivity contribution in [2.24, 2.45) is 46.3 Å². The van der Waals surface area contributed by atoms with Gasteiger partial charge >= 0.3 is 7.82 Å². The zero-order chi connectivity index (χ0) is 31.4. The fourth-order valence-corrected chi connectivity index (χ4v) is 10.2. The van der Waals surface area contributed by atoms with Gasteiger partial charge in [0, 0.05) is 38.1 Å². The van der Waals surface area contributed by atoms with Gasteiger partial charge in [0.25, 0.3) is 10.1 Å². The van der Waals surface area contributed by atoms with Crippen molar-refractivity contribution in [2.75, 3.05) is 19.1 Å². The lowest BCUT2D eigenvalue weighted by Crippen LogP contribution is -2.63. The summed E-state index contributed by atoms with van der Waals surface area (Å²) in [4.78, 5) is 29.6. The summed E-state index contributed by atoms with van der Waals surface area (Å²) in [6, 6.07) is 0. The molecule has 4 fully saturated rings. The predicted molar refractivity (Wildman–Crippen MR) is 147 cm³/mol. The number of fused-ring (bicyclic) bond motifs is 5. The molecule has 0 saturated heterocycles. The third kappa shape index (κ3) is 7.22.